The van der Waals surface area contributed by atoms with Gasteiger partial charge in [0, 0.05) is 25.6 Å². The highest BCUT2D eigenvalue weighted by molar-refractivity contribution is 5.92. The van der Waals surface area contributed by atoms with Gasteiger partial charge in [-0.3, -0.25) is 9.69 Å². The Labute approximate surface area is 126 Å². The second-order valence-corrected chi connectivity index (χ2v) is 7.63. The largest absolute Gasteiger partial charge is 0.444 e. The lowest BCUT2D eigenvalue weighted by Crippen LogP contribution is -2.75. The number of carbonyl (C=O) groups excluding carboxylic acids is 2. The van der Waals surface area contributed by atoms with Gasteiger partial charge in [-0.1, -0.05) is 0 Å². The number of piperidine rings is 1. The number of likely N-dealkylation sites (tertiary alicyclic amines) is 1. The minimum absolute atomic E-state index is 0.154. The van der Waals surface area contributed by atoms with Gasteiger partial charge < -0.3 is 9.64 Å². The van der Waals surface area contributed by atoms with Crippen molar-refractivity contribution >= 4 is 12.0 Å². The van der Waals surface area contributed by atoms with Crippen LogP contribution in [0.5, 0.6) is 0 Å². The van der Waals surface area contributed by atoms with Gasteiger partial charge >= 0.3 is 6.09 Å². The smallest absolute Gasteiger partial charge is 0.411 e. The number of hydrogen-bond acceptors (Lipinski definition) is 3. The Morgan fingerprint density at radius 3 is 2.38 bits per heavy atom. The quantitative estimate of drug-likeness (QED) is 0.747. The van der Waals surface area contributed by atoms with E-state index in [2.05, 4.69) is 0 Å². The zero-order valence-electron chi connectivity index (χ0n) is 13.4. The molecule has 1 saturated carbocycles. The number of nitrogens with zero attached hydrogens (tertiary/aromatic N) is 2. The Morgan fingerprint density at radius 1 is 1.14 bits per heavy atom. The van der Waals surface area contributed by atoms with E-state index in [1.165, 1.54) is 0 Å². The zero-order chi connectivity index (χ0) is 15.3. The Kier molecular flexibility index (Phi) is 3.41. The molecule has 4 rings (SSSR count). The van der Waals surface area contributed by atoms with E-state index in [0.717, 1.165) is 51.6 Å². The number of fused-ring (bicyclic) bond motifs is 2. The molecule has 21 heavy (non-hydrogen) atoms. The molecule has 1 aliphatic carbocycles. The van der Waals surface area contributed by atoms with Gasteiger partial charge in [-0.05, 0) is 52.9 Å². The molecule has 2 amide bonds. The van der Waals surface area contributed by atoms with Crippen LogP contribution in [-0.2, 0) is 9.53 Å². The molecule has 4 aliphatic rings. The highest BCUT2D eigenvalue weighted by Gasteiger charge is 2.62. The van der Waals surface area contributed by atoms with Gasteiger partial charge in [-0.2, -0.15) is 0 Å². The normalized spacial score (nSPS) is 31.9. The minimum atomic E-state index is -0.602. The van der Waals surface area contributed by atoms with Crippen LogP contribution < -0.4 is 0 Å². The van der Waals surface area contributed by atoms with E-state index >= 15 is 0 Å². The summed E-state index contributed by atoms with van der Waals surface area (Å²) in [6.45, 7) is 7.29. The first kappa shape index (κ1) is 14.7. The van der Waals surface area contributed by atoms with Crippen molar-refractivity contribution < 1.29 is 14.3 Å². The van der Waals surface area contributed by atoms with Crippen LogP contribution in [-0.4, -0.2) is 52.1 Å². The summed E-state index contributed by atoms with van der Waals surface area (Å²) < 4.78 is 5.53. The lowest BCUT2D eigenvalue weighted by atomic mass is 9.67. The van der Waals surface area contributed by atoms with Crippen molar-refractivity contribution in [3.8, 4) is 0 Å². The summed E-state index contributed by atoms with van der Waals surface area (Å²) in [4.78, 5) is 29.1. The Morgan fingerprint density at radius 2 is 1.81 bits per heavy atom. The van der Waals surface area contributed by atoms with Gasteiger partial charge in [0.05, 0.1) is 0 Å². The monoisotopic (exact) mass is 294 g/mol. The van der Waals surface area contributed by atoms with Crippen molar-refractivity contribution in [2.24, 2.45) is 0 Å². The molecule has 5 nitrogen and oxygen atoms in total. The average molecular weight is 294 g/mol. The first-order valence-electron chi connectivity index (χ1n) is 8.15. The van der Waals surface area contributed by atoms with Crippen LogP contribution in [0.15, 0.2) is 0 Å². The number of hydrogen-bond donors (Lipinski definition) is 0. The lowest BCUT2D eigenvalue weighted by molar-refractivity contribution is -0.167. The molecule has 118 valence electrons. The van der Waals surface area contributed by atoms with Crippen LogP contribution in [0.3, 0.4) is 0 Å². The molecular weight excluding hydrogens is 268 g/mol. The molecule has 5 heteroatoms. The van der Waals surface area contributed by atoms with Gasteiger partial charge in [0.15, 0.2) is 0 Å². The standard InChI is InChI=1S/C16H26N2O3/c1-15(2,3)21-14(20)18-12-7-6-8-16(18,11-12)13(19)17-9-4-5-10-17/h12H,4-11H2,1-3H3. The van der Waals surface area contributed by atoms with Crippen LogP contribution in [0.2, 0.25) is 0 Å². The van der Waals surface area contributed by atoms with E-state index in [-0.39, 0.29) is 18.0 Å². The molecule has 3 heterocycles. The van der Waals surface area contributed by atoms with E-state index in [4.69, 9.17) is 4.74 Å². The van der Waals surface area contributed by atoms with E-state index < -0.39 is 11.1 Å². The summed E-state index contributed by atoms with van der Waals surface area (Å²) >= 11 is 0. The fourth-order valence-corrected chi connectivity index (χ4v) is 4.05. The average Bonchev–Trinajstić information content (AvgIpc) is 2.89. The van der Waals surface area contributed by atoms with Crippen LogP contribution in [0.4, 0.5) is 4.79 Å². The zero-order valence-corrected chi connectivity index (χ0v) is 13.4. The highest BCUT2D eigenvalue weighted by Crippen LogP contribution is 2.49. The molecule has 4 fully saturated rings. The van der Waals surface area contributed by atoms with Gasteiger partial charge in [-0.25, -0.2) is 4.79 Å². The van der Waals surface area contributed by atoms with E-state index in [1.54, 1.807) is 4.90 Å². The minimum Gasteiger partial charge on any atom is -0.444 e. The summed E-state index contributed by atoms with van der Waals surface area (Å²) in [6.07, 6.45) is 5.48. The summed E-state index contributed by atoms with van der Waals surface area (Å²) in [6, 6.07) is 0.195. The Bertz CT molecular complexity index is 447. The molecule has 0 spiro atoms. The molecule has 3 aliphatic heterocycles. The van der Waals surface area contributed by atoms with E-state index in [1.807, 2.05) is 25.7 Å². The predicted molar refractivity (Wildman–Crippen MR) is 78.9 cm³/mol. The summed E-state index contributed by atoms with van der Waals surface area (Å²) in [5.74, 6) is 0.154. The maximum atomic E-state index is 12.9. The van der Waals surface area contributed by atoms with Crippen LogP contribution in [0.1, 0.15) is 59.3 Å². The fraction of sp³-hybridized carbons (Fsp3) is 0.875. The van der Waals surface area contributed by atoms with Crippen LogP contribution in [0.25, 0.3) is 0 Å². The maximum absolute atomic E-state index is 12.9. The third kappa shape index (κ3) is 2.40. The Hall–Kier alpha value is -1.26. The van der Waals surface area contributed by atoms with E-state index in [9.17, 15) is 9.59 Å². The van der Waals surface area contributed by atoms with Crippen molar-refractivity contribution in [2.75, 3.05) is 13.1 Å². The van der Waals surface area contributed by atoms with Crippen molar-refractivity contribution in [2.45, 2.75) is 76.5 Å². The molecule has 0 aromatic rings. The number of rotatable bonds is 1. The summed E-state index contributed by atoms with van der Waals surface area (Å²) in [5.41, 5.74) is -1.12. The number of amides is 2. The van der Waals surface area contributed by atoms with Crippen molar-refractivity contribution in [3.63, 3.8) is 0 Å². The van der Waals surface area contributed by atoms with Gasteiger partial charge in [0.1, 0.15) is 11.1 Å². The van der Waals surface area contributed by atoms with Crippen LogP contribution >= 0.6 is 0 Å². The van der Waals surface area contributed by atoms with Crippen molar-refractivity contribution in [1.82, 2.24) is 9.80 Å². The SMILES string of the molecule is CC(C)(C)OC(=O)N1C2CCCC1(C(=O)N1CCCC1)C2. The predicted octanol–water partition coefficient (Wildman–Crippen LogP) is 2.54. The molecule has 3 saturated heterocycles. The molecule has 2 atom stereocenters. The third-order valence-corrected chi connectivity index (χ3v) is 4.91. The molecule has 2 bridgehead atoms. The van der Waals surface area contributed by atoms with Gasteiger partial charge in [-0.15, -0.1) is 0 Å². The number of ether oxygens (including phenoxy) is 1. The Balaban J connectivity index is 1.79. The maximum Gasteiger partial charge on any atom is 0.411 e. The molecule has 0 aromatic carbocycles. The van der Waals surface area contributed by atoms with Crippen molar-refractivity contribution in [3.05, 3.63) is 0 Å². The first-order chi connectivity index (χ1) is 9.83. The van der Waals surface area contributed by atoms with Crippen molar-refractivity contribution in [1.29, 1.82) is 0 Å². The molecule has 2 unspecified atom stereocenters. The topological polar surface area (TPSA) is 49.9 Å². The van der Waals surface area contributed by atoms with Crippen LogP contribution in [0, 0.1) is 0 Å². The molecular formula is C16H26N2O3. The fourth-order valence-electron chi connectivity index (χ4n) is 4.05. The van der Waals surface area contributed by atoms with Gasteiger partial charge in [0.25, 0.3) is 0 Å². The number of carbonyl (C=O) groups is 2. The third-order valence-electron chi connectivity index (χ3n) is 4.91. The summed E-state index contributed by atoms with van der Waals surface area (Å²) in [5, 5.41) is 0. The molecule has 0 radical (unpaired) electrons. The van der Waals surface area contributed by atoms with E-state index in [0.29, 0.717) is 0 Å². The lowest BCUT2D eigenvalue weighted by Gasteiger charge is -2.60. The second kappa shape index (κ2) is 4.89. The van der Waals surface area contributed by atoms with Gasteiger partial charge in [0.2, 0.25) is 5.91 Å². The molecule has 0 aromatic heterocycles. The first-order valence-corrected chi connectivity index (χ1v) is 8.15. The highest BCUT2D eigenvalue weighted by atomic mass is 16.6. The summed E-state index contributed by atoms with van der Waals surface area (Å²) in [7, 11) is 0. The second-order valence-electron chi connectivity index (χ2n) is 7.63. The molecule has 0 N–H and O–H groups in total.